The zero-order valence-electron chi connectivity index (χ0n) is 12.8. The Labute approximate surface area is 154 Å². The first-order chi connectivity index (χ1) is 11.3. The highest BCUT2D eigenvalue weighted by Gasteiger charge is 2.25. The van der Waals surface area contributed by atoms with Crippen LogP contribution in [0.25, 0.3) is 11.1 Å². The standard InChI is InChI=1S/C16H16IN3O3S/c1-10-8-16(19-23-10)20-24(21,22)13-5-2-11(3-6-13)12-4-7-15(18)14(17)9-12/h2-9,21-22H,18H2,1H3,(H,19,20)/p+2. The van der Waals surface area contributed by atoms with Gasteiger partial charge in [0.05, 0.1) is 10.8 Å². The van der Waals surface area contributed by atoms with Gasteiger partial charge in [0.1, 0.15) is 5.76 Å². The van der Waals surface area contributed by atoms with Gasteiger partial charge in [-0.3, -0.25) is 9.11 Å². The lowest BCUT2D eigenvalue weighted by atomic mass is 10.1. The van der Waals surface area contributed by atoms with Crippen molar-refractivity contribution in [3.8, 4) is 11.1 Å². The molecule has 0 saturated carbocycles. The van der Waals surface area contributed by atoms with Crippen LogP contribution in [-0.4, -0.2) is 14.3 Å². The van der Waals surface area contributed by atoms with Crippen molar-refractivity contribution in [3.63, 3.8) is 0 Å². The number of aromatic nitrogens is 1. The van der Waals surface area contributed by atoms with Crippen LogP contribution in [0.5, 0.6) is 0 Å². The molecule has 6 nitrogen and oxygen atoms in total. The van der Waals surface area contributed by atoms with Crippen LogP contribution in [0.3, 0.4) is 0 Å². The minimum atomic E-state index is -2.71. The smallest absolute Gasteiger partial charge is 0.195 e. The van der Waals surface area contributed by atoms with E-state index in [9.17, 15) is 0 Å². The Kier molecular flexibility index (Phi) is 4.72. The summed E-state index contributed by atoms with van der Waals surface area (Å²) in [5, 5.41) is 3.79. The predicted octanol–water partition coefficient (Wildman–Crippen LogP) is 3.31. The normalized spacial score (nSPS) is 12.2. The number of hydrogen-bond acceptors (Lipinski definition) is 4. The Hall–Kier alpha value is -1.75. The average molecular weight is 459 g/mol. The number of benzene rings is 2. The second-order valence-electron chi connectivity index (χ2n) is 5.30. The highest BCUT2D eigenvalue weighted by atomic mass is 127. The van der Waals surface area contributed by atoms with Gasteiger partial charge in [0.2, 0.25) is 0 Å². The van der Waals surface area contributed by atoms with Crippen molar-refractivity contribution in [1.29, 1.82) is 0 Å². The molecule has 1 aromatic heterocycles. The molecule has 0 aliphatic carbocycles. The molecule has 0 unspecified atom stereocenters. The number of halogens is 1. The fourth-order valence-corrected chi connectivity index (χ4v) is 3.78. The molecule has 0 amide bonds. The molecular weight excluding hydrogens is 441 g/mol. The molecule has 126 valence electrons. The number of nitrogens with zero attached hydrogens (tertiary/aromatic N) is 1. The fraction of sp³-hybridized carbons (Fsp3) is 0.0625. The molecule has 1 heterocycles. The minimum absolute atomic E-state index is 0.407. The van der Waals surface area contributed by atoms with Crippen molar-refractivity contribution in [2.75, 3.05) is 10.5 Å². The van der Waals surface area contributed by atoms with E-state index in [4.69, 9.17) is 19.4 Å². The SMILES string of the molecule is Cc1cc(NS([OH2+])([OH2+])c2ccc(-c3ccc(N)c(I)c3)cc2)no1. The van der Waals surface area contributed by atoms with Crippen molar-refractivity contribution in [2.24, 2.45) is 0 Å². The third kappa shape index (κ3) is 3.66. The van der Waals surface area contributed by atoms with E-state index in [2.05, 4.69) is 32.5 Å². The second kappa shape index (κ2) is 6.63. The molecular formula is C16H18IN3O3S+2. The number of aryl methyl sites for hydroxylation is 1. The van der Waals surface area contributed by atoms with Gasteiger partial charge in [0.25, 0.3) is 0 Å². The van der Waals surface area contributed by atoms with Gasteiger partial charge in [-0.2, -0.15) is 4.72 Å². The average Bonchev–Trinajstić information content (AvgIpc) is 2.94. The quantitative estimate of drug-likeness (QED) is 0.354. The molecule has 3 rings (SSSR count). The maximum Gasteiger partial charge on any atom is 0.195 e. The van der Waals surface area contributed by atoms with E-state index in [-0.39, 0.29) is 0 Å². The molecule has 0 radical (unpaired) electrons. The summed E-state index contributed by atoms with van der Waals surface area (Å²) in [4.78, 5) is 0.594. The molecule has 7 N–H and O–H groups in total. The fourth-order valence-electron chi connectivity index (χ4n) is 2.19. The van der Waals surface area contributed by atoms with E-state index in [1.54, 1.807) is 25.1 Å². The Morgan fingerprint density at radius 1 is 1.08 bits per heavy atom. The lowest BCUT2D eigenvalue weighted by Crippen LogP contribution is -2.09. The summed E-state index contributed by atoms with van der Waals surface area (Å²) in [5.41, 5.74) is 8.67. The van der Waals surface area contributed by atoms with Gasteiger partial charge in [0.15, 0.2) is 10.7 Å². The van der Waals surface area contributed by atoms with Crippen LogP contribution >= 0.6 is 33.4 Å². The van der Waals surface area contributed by atoms with Gasteiger partial charge in [0, 0.05) is 15.3 Å². The maximum absolute atomic E-state index is 8.29. The molecule has 0 spiro atoms. The van der Waals surface area contributed by atoms with Gasteiger partial charge in [-0.15, -0.1) is 0 Å². The summed E-state index contributed by atoms with van der Waals surface area (Å²) in [6, 6.07) is 15.0. The first-order valence-electron chi connectivity index (χ1n) is 7.04. The highest BCUT2D eigenvalue weighted by Crippen LogP contribution is 2.47. The van der Waals surface area contributed by atoms with Crippen molar-refractivity contribution in [3.05, 3.63) is 57.9 Å². The first kappa shape index (κ1) is 17.1. The van der Waals surface area contributed by atoms with Crippen LogP contribution in [0.15, 0.2) is 57.9 Å². The summed E-state index contributed by atoms with van der Waals surface area (Å²) in [5.74, 6) is 1.05. The number of rotatable bonds is 4. The van der Waals surface area contributed by atoms with Crippen molar-refractivity contribution >= 4 is 44.9 Å². The molecule has 0 aliphatic rings. The summed E-state index contributed by atoms with van der Waals surface area (Å²) in [6.45, 7) is 1.77. The van der Waals surface area contributed by atoms with E-state index < -0.39 is 10.8 Å². The summed E-state index contributed by atoms with van der Waals surface area (Å²) < 4.78 is 25.4. The van der Waals surface area contributed by atoms with Gasteiger partial charge >= 0.3 is 0 Å². The van der Waals surface area contributed by atoms with Crippen LogP contribution in [0.1, 0.15) is 5.76 Å². The summed E-state index contributed by atoms with van der Waals surface area (Å²) in [7, 11) is -2.71. The molecule has 0 saturated heterocycles. The molecule has 0 atom stereocenters. The Bertz CT molecular complexity index is 865. The third-order valence-electron chi connectivity index (χ3n) is 3.43. The summed E-state index contributed by atoms with van der Waals surface area (Å²) >= 11 is 2.20. The minimum Gasteiger partial charge on any atom is -0.398 e. The number of hydrogen-bond donors (Lipinski definition) is 2. The van der Waals surface area contributed by atoms with Crippen molar-refractivity contribution in [2.45, 2.75) is 11.8 Å². The van der Waals surface area contributed by atoms with Gasteiger partial charge in [-0.05, 0) is 64.9 Å². The molecule has 2 aromatic carbocycles. The molecule has 0 fully saturated rings. The molecule has 0 aliphatic heterocycles. The lowest BCUT2D eigenvalue weighted by Gasteiger charge is -2.23. The van der Waals surface area contributed by atoms with E-state index in [0.29, 0.717) is 16.5 Å². The van der Waals surface area contributed by atoms with Gasteiger partial charge in [-0.25, -0.2) is 0 Å². The maximum atomic E-state index is 8.29. The molecule has 0 bridgehead atoms. The topological polar surface area (TPSA) is 110 Å². The number of nitrogens with two attached hydrogens (primary N) is 1. The molecule has 3 aromatic rings. The Morgan fingerprint density at radius 3 is 2.33 bits per heavy atom. The van der Waals surface area contributed by atoms with E-state index in [1.807, 2.05) is 30.3 Å². The second-order valence-corrected chi connectivity index (χ2v) is 8.36. The van der Waals surface area contributed by atoms with Gasteiger partial charge < -0.3 is 10.3 Å². The monoisotopic (exact) mass is 459 g/mol. The molecule has 24 heavy (non-hydrogen) atoms. The largest absolute Gasteiger partial charge is 0.398 e. The van der Waals surface area contributed by atoms with Crippen LogP contribution in [-0.2, 0) is 0 Å². The van der Waals surface area contributed by atoms with Gasteiger partial charge in [-0.1, -0.05) is 23.4 Å². The predicted molar refractivity (Wildman–Crippen MR) is 107 cm³/mol. The third-order valence-corrected chi connectivity index (χ3v) is 5.86. The van der Waals surface area contributed by atoms with Crippen LogP contribution in [0.2, 0.25) is 0 Å². The first-order valence-corrected chi connectivity index (χ1v) is 9.75. The Balaban J connectivity index is 1.83. The zero-order valence-corrected chi connectivity index (χ0v) is 15.8. The van der Waals surface area contributed by atoms with Crippen LogP contribution in [0, 0.1) is 10.5 Å². The number of anilines is 2. The van der Waals surface area contributed by atoms with Crippen LogP contribution < -0.4 is 10.5 Å². The van der Waals surface area contributed by atoms with E-state index in [1.165, 1.54) is 0 Å². The molecule has 8 heteroatoms. The zero-order chi connectivity index (χ0) is 17.3. The van der Waals surface area contributed by atoms with Crippen molar-refractivity contribution < 1.29 is 13.6 Å². The summed E-state index contributed by atoms with van der Waals surface area (Å²) in [6.07, 6.45) is 0. The van der Waals surface area contributed by atoms with E-state index >= 15 is 0 Å². The number of nitrogens with one attached hydrogen (secondary N) is 1. The van der Waals surface area contributed by atoms with Crippen LogP contribution in [0.4, 0.5) is 11.5 Å². The Morgan fingerprint density at radius 2 is 1.75 bits per heavy atom. The lowest BCUT2D eigenvalue weighted by molar-refractivity contribution is 0.399. The van der Waals surface area contributed by atoms with Crippen molar-refractivity contribution in [1.82, 2.24) is 5.16 Å². The highest BCUT2D eigenvalue weighted by molar-refractivity contribution is 14.1. The number of nitrogen functional groups attached to an aromatic ring is 1. The van der Waals surface area contributed by atoms with E-state index in [0.717, 1.165) is 20.4 Å².